The lowest BCUT2D eigenvalue weighted by Crippen LogP contribution is -2.05. The smallest absolute Gasteiger partial charge is 0.221 e. The van der Waals surface area contributed by atoms with Crippen LogP contribution in [0.15, 0.2) is 36.7 Å². The average Bonchev–Trinajstić information content (AvgIpc) is 3.27. The summed E-state index contributed by atoms with van der Waals surface area (Å²) < 4.78 is 1.79. The van der Waals surface area contributed by atoms with Gasteiger partial charge in [-0.25, -0.2) is 4.98 Å². The maximum atomic E-state index is 11.3. The summed E-state index contributed by atoms with van der Waals surface area (Å²) in [7, 11) is 1.91. The Kier molecular flexibility index (Phi) is 3.15. The lowest BCUT2D eigenvalue weighted by Gasteiger charge is -2.10. The zero-order valence-electron chi connectivity index (χ0n) is 13.2. The lowest BCUT2D eigenvalue weighted by molar-refractivity contribution is -0.114. The van der Waals surface area contributed by atoms with Gasteiger partial charge in [-0.1, -0.05) is 0 Å². The maximum absolute atomic E-state index is 11.3. The highest BCUT2D eigenvalue weighted by Crippen LogP contribution is 2.44. The van der Waals surface area contributed by atoms with Crippen LogP contribution in [0.2, 0.25) is 0 Å². The van der Waals surface area contributed by atoms with E-state index in [1.165, 1.54) is 25.3 Å². The number of fused-ring (bicyclic) bond motifs is 1. The summed E-state index contributed by atoms with van der Waals surface area (Å²) in [5, 5.41) is 8.22. The number of hydrogen-bond donors (Lipinski definition) is 1. The molecule has 2 heterocycles. The fraction of sp³-hybridized carbons (Fsp3) is 0.278. The summed E-state index contributed by atoms with van der Waals surface area (Å²) in [4.78, 5) is 16.1. The summed E-state index contributed by atoms with van der Waals surface area (Å²) in [5.41, 5.74) is 5.09. The largest absolute Gasteiger partial charge is 0.326 e. The minimum atomic E-state index is -0.0581. The Balaban J connectivity index is 1.87. The van der Waals surface area contributed by atoms with Gasteiger partial charge in [0.1, 0.15) is 0 Å². The third kappa shape index (κ3) is 2.70. The molecule has 0 unspecified atom stereocenters. The Bertz CT molecular complexity index is 909. The molecule has 116 valence electrons. The number of rotatable bonds is 3. The Morgan fingerprint density at radius 2 is 2.13 bits per heavy atom. The molecule has 5 nitrogen and oxygen atoms in total. The Morgan fingerprint density at radius 3 is 2.78 bits per heavy atom. The molecule has 1 amide bonds. The van der Waals surface area contributed by atoms with Crippen LogP contribution < -0.4 is 5.32 Å². The van der Waals surface area contributed by atoms with Crippen molar-refractivity contribution in [2.45, 2.75) is 25.7 Å². The normalized spacial score (nSPS) is 14.2. The van der Waals surface area contributed by atoms with Crippen molar-refractivity contribution in [2.75, 3.05) is 5.32 Å². The van der Waals surface area contributed by atoms with Crippen molar-refractivity contribution >= 4 is 22.5 Å². The number of hydrogen-bond acceptors (Lipinski definition) is 3. The van der Waals surface area contributed by atoms with Crippen LogP contribution in [0.4, 0.5) is 5.69 Å². The van der Waals surface area contributed by atoms with Gasteiger partial charge in [0.05, 0.1) is 17.4 Å². The van der Waals surface area contributed by atoms with Gasteiger partial charge in [-0.15, -0.1) is 0 Å². The minimum absolute atomic E-state index is 0.0581. The van der Waals surface area contributed by atoms with Crippen LogP contribution in [-0.2, 0) is 11.8 Å². The molecule has 0 bridgehead atoms. The van der Waals surface area contributed by atoms with Crippen molar-refractivity contribution in [2.24, 2.45) is 7.05 Å². The number of nitrogens with one attached hydrogen (secondary N) is 1. The average molecular weight is 306 g/mol. The van der Waals surface area contributed by atoms with Crippen LogP contribution in [0.3, 0.4) is 0 Å². The fourth-order valence-electron chi connectivity index (χ4n) is 2.97. The van der Waals surface area contributed by atoms with Crippen LogP contribution >= 0.6 is 0 Å². The lowest BCUT2D eigenvalue weighted by atomic mass is 10.0. The Morgan fingerprint density at radius 1 is 1.30 bits per heavy atom. The molecule has 0 spiro atoms. The van der Waals surface area contributed by atoms with E-state index in [2.05, 4.69) is 16.5 Å². The second kappa shape index (κ2) is 5.19. The van der Waals surface area contributed by atoms with Gasteiger partial charge in [-0.2, -0.15) is 5.10 Å². The van der Waals surface area contributed by atoms with Gasteiger partial charge in [0.25, 0.3) is 0 Å². The second-order valence-corrected chi connectivity index (χ2v) is 6.19. The number of benzene rings is 1. The number of aryl methyl sites for hydroxylation is 1. The second-order valence-electron chi connectivity index (χ2n) is 6.19. The molecule has 1 aromatic carbocycles. The first-order valence-electron chi connectivity index (χ1n) is 7.81. The minimum Gasteiger partial charge on any atom is -0.326 e. The van der Waals surface area contributed by atoms with E-state index < -0.39 is 0 Å². The van der Waals surface area contributed by atoms with Crippen LogP contribution in [0.5, 0.6) is 0 Å². The number of carbonyl (C=O) groups excluding carboxylic acids is 1. The van der Waals surface area contributed by atoms with Crippen molar-refractivity contribution in [3.8, 4) is 11.3 Å². The summed E-state index contributed by atoms with van der Waals surface area (Å²) >= 11 is 0. The highest BCUT2D eigenvalue weighted by molar-refractivity contribution is 5.94. The van der Waals surface area contributed by atoms with Gasteiger partial charge in [-0.05, 0) is 48.6 Å². The molecule has 0 atom stereocenters. The first-order chi connectivity index (χ1) is 11.1. The molecule has 0 aliphatic heterocycles. The molecule has 1 N–H and O–H groups in total. The van der Waals surface area contributed by atoms with Crippen molar-refractivity contribution < 1.29 is 4.79 Å². The number of nitrogens with zero attached hydrogens (tertiary/aromatic N) is 3. The number of pyridine rings is 1. The predicted octanol–water partition coefficient (Wildman–Crippen LogP) is 3.47. The fourth-order valence-corrected chi connectivity index (χ4v) is 2.97. The van der Waals surface area contributed by atoms with Gasteiger partial charge in [-0.3, -0.25) is 9.48 Å². The van der Waals surface area contributed by atoms with E-state index in [-0.39, 0.29) is 5.91 Å². The van der Waals surface area contributed by atoms with Gasteiger partial charge in [0.2, 0.25) is 5.91 Å². The molecule has 1 saturated carbocycles. The SMILES string of the molecule is CC(=O)Nc1ccc2nc(-c3cnn(C)c3)cc(C3CC3)c2c1. The van der Waals surface area contributed by atoms with E-state index in [0.717, 1.165) is 27.8 Å². The molecule has 23 heavy (non-hydrogen) atoms. The predicted molar refractivity (Wildman–Crippen MR) is 90.2 cm³/mol. The van der Waals surface area contributed by atoms with Gasteiger partial charge in [0, 0.05) is 36.8 Å². The molecule has 0 radical (unpaired) electrons. The van der Waals surface area contributed by atoms with E-state index in [4.69, 9.17) is 4.98 Å². The zero-order chi connectivity index (χ0) is 16.0. The van der Waals surface area contributed by atoms with Crippen LogP contribution in [0, 0.1) is 0 Å². The number of carbonyl (C=O) groups is 1. The summed E-state index contributed by atoms with van der Waals surface area (Å²) in [5.74, 6) is 0.542. The summed E-state index contributed by atoms with van der Waals surface area (Å²) in [6.45, 7) is 1.52. The van der Waals surface area contributed by atoms with Crippen molar-refractivity contribution in [3.63, 3.8) is 0 Å². The third-order valence-electron chi connectivity index (χ3n) is 4.18. The zero-order valence-corrected chi connectivity index (χ0v) is 13.2. The molecular weight excluding hydrogens is 288 g/mol. The maximum Gasteiger partial charge on any atom is 0.221 e. The monoisotopic (exact) mass is 306 g/mol. The van der Waals surface area contributed by atoms with E-state index in [0.29, 0.717) is 5.92 Å². The summed E-state index contributed by atoms with van der Waals surface area (Å²) in [6.07, 6.45) is 6.26. The number of anilines is 1. The van der Waals surface area contributed by atoms with Gasteiger partial charge in [0.15, 0.2) is 0 Å². The molecule has 1 aliphatic rings. The van der Waals surface area contributed by atoms with E-state index in [1.54, 1.807) is 4.68 Å². The molecule has 4 rings (SSSR count). The van der Waals surface area contributed by atoms with Gasteiger partial charge >= 0.3 is 0 Å². The van der Waals surface area contributed by atoms with Crippen LogP contribution in [0.25, 0.3) is 22.2 Å². The molecule has 0 saturated heterocycles. The van der Waals surface area contributed by atoms with Crippen LogP contribution in [0.1, 0.15) is 31.2 Å². The molecule has 3 aromatic rings. The topological polar surface area (TPSA) is 59.8 Å². The van der Waals surface area contributed by atoms with Crippen molar-refractivity contribution in [3.05, 3.63) is 42.2 Å². The molecule has 1 aliphatic carbocycles. The molecule has 2 aromatic heterocycles. The third-order valence-corrected chi connectivity index (χ3v) is 4.18. The quantitative estimate of drug-likeness (QED) is 0.806. The highest BCUT2D eigenvalue weighted by Gasteiger charge is 2.26. The number of amides is 1. The van der Waals surface area contributed by atoms with Gasteiger partial charge < -0.3 is 5.32 Å². The number of aromatic nitrogens is 3. The molecule has 5 heteroatoms. The van der Waals surface area contributed by atoms with Crippen molar-refractivity contribution in [1.82, 2.24) is 14.8 Å². The van der Waals surface area contributed by atoms with Crippen LogP contribution in [-0.4, -0.2) is 20.7 Å². The highest BCUT2D eigenvalue weighted by atomic mass is 16.1. The first-order valence-corrected chi connectivity index (χ1v) is 7.81. The Labute approximate surface area is 134 Å². The molecule has 1 fully saturated rings. The molecular formula is C18H18N4O. The Hall–Kier alpha value is -2.69. The van der Waals surface area contributed by atoms with Crippen molar-refractivity contribution in [1.29, 1.82) is 0 Å². The standard InChI is InChI=1S/C18H18N4O/c1-11(23)20-14-5-6-17-16(7-14)15(12-3-4-12)8-18(21-17)13-9-19-22(2)10-13/h5-10,12H,3-4H2,1-2H3,(H,20,23). The van der Waals surface area contributed by atoms with E-state index in [1.807, 2.05) is 37.6 Å². The van der Waals surface area contributed by atoms with E-state index in [9.17, 15) is 4.79 Å². The summed E-state index contributed by atoms with van der Waals surface area (Å²) in [6, 6.07) is 8.09. The first kappa shape index (κ1) is 13.9. The van der Waals surface area contributed by atoms with E-state index >= 15 is 0 Å².